The minimum Gasteiger partial charge on any atom is -0.497 e. The van der Waals surface area contributed by atoms with Gasteiger partial charge in [0, 0.05) is 9.30 Å². The van der Waals surface area contributed by atoms with E-state index in [0.717, 1.165) is 16.6 Å². The third-order valence-electron chi connectivity index (χ3n) is 1.90. The van der Waals surface area contributed by atoms with Crippen molar-refractivity contribution in [2.24, 2.45) is 0 Å². The average molecular weight is 308 g/mol. The number of hydrogen-bond acceptors (Lipinski definition) is 1. The van der Waals surface area contributed by atoms with Crippen LogP contribution in [0.4, 0.5) is 0 Å². The van der Waals surface area contributed by atoms with E-state index in [2.05, 4.69) is 44.8 Å². The Morgan fingerprint density at radius 1 is 1.46 bits per heavy atom. The molecule has 13 heavy (non-hydrogen) atoms. The molecule has 1 unspecified atom stereocenters. The number of rotatable bonds is 3. The van der Waals surface area contributed by atoms with Crippen LogP contribution in [-0.4, -0.2) is 7.11 Å². The van der Waals surface area contributed by atoms with Crippen molar-refractivity contribution >= 4 is 31.9 Å². The highest BCUT2D eigenvalue weighted by atomic mass is 79.9. The summed E-state index contributed by atoms with van der Waals surface area (Å²) in [5, 5.41) is 0. The number of alkyl halides is 1. The standard InChI is InChI=1S/C10H12Br2O/c1-3-9(11)8-5-4-7(13-2)6-10(8)12/h4-6,9H,3H2,1-2H3. The molecule has 72 valence electrons. The first kappa shape index (κ1) is 11.1. The van der Waals surface area contributed by atoms with Crippen molar-refractivity contribution in [3.05, 3.63) is 28.2 Å². The fourth-order valence-electron chi connectivity index (χ4n) is 1.11. The van der Waals surface area contributed by atoms with E-state index in [4.69, 9.17) is 4.74 Å². The lowest BCUT2D eigenvalue weighted by Gasteiger charge is -2.10. The van der Waals surface area contributed by atoms with E-state index in [1.54, 1.807) is 7.11 Å². The quantitative estimate of drug-likeness (QED) is 0.756. The van der Waals surface area contributed by atoms with Gasteiger partial charge in [-0.1, -0.05) is 44.8 Å². The third kappa shape index (κ3) is 2.71. The Kier molecular flexibility index (Phi) is 4.26. The maximum atomic E-state index is 5.12. The Morgan fingerprint density at radius 3 is 2.62 bits per heavy atom. The summed E-state index contributed by atoms with van der Waals surface area (Å²) in [5.74, 6) is 0.881. The summed E-state index contributed by atoms with van der Waals surface area (Å²) in [6.07, 6.45) is 1.07. The molecular formula is C10H12Br2O. The predicted octanol–water partition coefficient (Wildman–Crippen LogP) is 4.30. The molecule has 0 aliphatic heterocycles. The van der Waals surface area contributed by atoms with E-state index >= 15 is 0 Å². The normalized spacial score (nSPS) is 12.6. The molecule has 1 atom stereocenters. The molecule has 1 rings (SSSR count). The highest BCUT2D eigenvalue weighted by molar-refractivity contribution is 9.11. The van der Waals surface area contributed by atoms with E-state index < -0.39 is 0 Å². The van der Waals surface area contributed by atoms with Crippen LogP contribution in [0.3, 0.4) is 0 Å². The highest BCUT2D eigenvalue weighted by Gasteiger charge is 2.09. The zero-order valence-electron chi connectivity index (χ0n) is 7.68. The van der Waals surface area contributed by atoms with Crippen molar-refractivity contribution in [1.82, 2.24) is 0 Å². The molecule has 0 radical (unpaired) electrons. The van der Waals surface area contributed by atoms with Crippen LogP contribution in [0.25, 0.3) is 0 Å². The van der Waals surface area contributed by atoms with E-state index in [9.17, 15) is 0 Å². The minimum atomic E-state index is 0.410. The monoisotopic (exact) mass is 306 g/mol. The van der Waals surface area contributed by atoms with Crippen molar-refractivity contribution in [3.8, 4) is 5.75 Å². The molecule has 0 saturated heterocycles. The van der Waals surface area contributed by atoms with Crippen LogP contribution < -0.4 is 4.74 Å². The summed E-state index contributed by atoms with van der Waals surface area (Å²) in [6.45, 7) is 2.15. The lowest BCUT2D eigenvalue weighted by atomic mass is 10.1. The number of benzene rings is 1. The summed E-state index contributed by atoms with van der Waals surface area (Å²) in [5.41, 5.74) is 1.27. The van der Waals surface area contributed by atoms with Crippen LogP contribution in [0.1, 0.15) is 23.7 Å². The Morgan fingerprint density at radius 2 is 2.15 bits per heavy atom. The Labute approximate surface area is 95.7 Å². The van der Waals surface area contributed by atoms with Gasteiger partial charge in [0.25, 0.3) is 0 Å². The fraction of sp³-hybridized carbons (Fsp3) is 0.400. The first-order valence-electron chi connectivity index (χ1n) is 4.16. The molecule has 0 spiro atoms. The molecule has 0 saturated carbocycles. The van der Waals surface area contributed by atoms with Gasteiger partial charge in [-0.05, 0) is 24.1 Å². The van der Waals surface area contributed by atoms with Gasteiger partial charge in [0.15, 0.2) is 0 Å². The molecule has 0 heterocycles. The van der Waals surface area contributed by atoms with E-state index in [1.165, 1.54) is 5.56 Å². The molecule has 0 aromatic heterocycles. The summed E-state index contributed by atoms with van der Waals surface area (Å²) in [4.78, 5) is 0.410. The van der Waals surface area contributed by atoms with Crippen molar-refractivity contribution in [3.63, 3.8) is 0 Å². The van der Waals surface area contributed by atoms with Crippen LogP contribution in [0, 0.1) is 0 Å². The van der Waals surface area contributed by atoms with Gasteiger partial charge in [-0.25, -0.2) is 0 Å². The molecule has 0 N–H and O–H groups in total. The summed E-state index contributed by atoms with van der Waals surface area (Å²) < 4.78 is 6.21. The predicted molar refractivity (Wildman–Crippen MR) is 62.7 cm³/mol. The maximum Gasteiger partial charge on any atom is 0.120 e. The topological polar surface area (TPSA) is 9.23 Å². The van der Waals surface area contributed by atoms with Gasteiger partial charge in [0.2, 0.25) is 0 Å². The fourth-order valence-corrected chi connectivity index (χ4v) is 2.45. The maximum absolute atomic E-state index is 5.12. The van der Waals surface area contributed by atoms with Gasteiger partial charge in [-0.2, -0.15) is 0 Å². The second kappa shape index (κ2) is 5.01. The number of ether oxygens (including phenoxy) is 1. The van der Waals surface area contributed by atoms with E-state index in [-0.39, 0.29) is 0 Å². The van der Waals surface area contributed by atoms with E-state index in [0.29, 0.717) is 4.83 Å². The van der Waals surface area contributed by atoms with Crippen LogP contribution >= 0.6 is 31.9 Å². The number of halogens is 2. The Bertz CT molecular complexity index is 286. The van der Waals surface area contributed by atoms with Crippen molar-refractivity contribution < 1.29 is 4.74 Å². The summed E-state index contributed by atoms with van der Waals surface area (Å²) in [6, 6.07) is 6.04. The van der Waals surface area contributed by atoms with Crippen LogP contribution in [0.5, 0.6) is 5.75 Å². The molecule has 0 aliphatic carbocycles. The molecule has 3 heteroatoms. The van der Waals surface area contributed by atoms with Crippen molar-refractivity contribution in [2.45, 2.75) is 18.2 Å². The molecule has 0 aliphatic rings. The van der Waals surface area contributed by atoms with Gasteiger partial charge < -0.3 is 4.74 Å². The minimum absolute atomic E-state index is 0.410. The SMILES string of the molecule is CCC(Br)c1ccc(OC)cc1Br. The second-order valence-corrected chi connectivity index (χ2v) is 4.72. The van der Waals surface area contributed by atoms with Crippen molar-refractivity contribution in [1.29, 1.82) is 0 Å². The lowest BCUT2D eigenvalue weighted by molar-refractivity contribution is 0.414. The lowest BCUT2D eigenvalue weighted by Crippen LogP contribution is -1.90. The molecule has 1 aromatic carbocycles. The average Bonchev–Trinajstić information content (AvgIpc) is 2.16. The molecule has 1 aromatic rings. The number of hydrogen-bond donors (Lipinski definition) is 0. The zero-order chi connectivity index (χ0) is 9.84. The third-order valence-corrected chi connectivity index (χ3v) is 3.73. The molecular weight excluding hydrogens is 296 g/mol. The molecule has 0 amide bonds. The first-order valence-corrected chi connectivity index (χ1v) is 5.87. The summed E-state index contributed by atoms with van der Waals surface area (Å²) in [7, 11) is 1.67. The van der Waals surface area contributed by atoms with Crippen molar-refractivity contribution in [2.75, 3.05) is 7.11 Å². The smallest absolute Gasteiger partial charge is 0.120 e. The van der Waals surface area contributed by atoms with Gasteiger partial charge in [0.05, 0.1) is 7.11 Å². The first-order chi connectivity index (χ1) is 6.19. The molecule has 1 nitrogen and oxygen atoms in total. The van der Waals surface area contributed by atoms with Gasteiger partial charge in [-0.15, -0.1) is 0 Å². The molecule has 0 bridgehead atoms. The van der Waals surface area contributed by atoms with E-state index in [1.807, 2.05) is 12.1 Å². The molecule has 0 fully saturated rings. The second-order valence-electron chi connectivity index (χ2n) is 2.76. The van der Waals surface area contributed by atoms with Gasteiger partial charge in [0.1, 0.15) is 5.75 Å². The van der Waals surface area contributed by atoms with Crippen LogP contribution in [0.15, 0.2) is 22.7 Å². The van der Waals surface area contributed by atoms with Gasteiger partial charge in [-0.3, -0.25) is 0 Å². The Balaban J connectivity index is 2.98. The van der Waals surface area contributed by atoms with Crippen LogP contribution in [-0.2, 0) is 0 Å². The largest absolute Gasteiger partial charge is 0.497 e. The van der Waals surface area contributed by atoms with Crippen LogP contribution in [0.2, 0.25) is 0 Å². The van der Waals surface area contributed by atoms with Gasteiger partial charge >= 0.3 is 0 Å². The Hall–Kier alpha value is -0.0200. The highest BCUT2D eigenvalue weighted by Crippen LogP contribution is 2.34. The number of methoxy groups -OCH3 is 1. The zero-order valence-corrected chi connectivity index (χ0v) is 10.9. The summed E-state index contributed by atoms with van der Waals surface area (Å²) >= 11 is 7.13.